The maximum Gasteiger partial charge on any atom is 0.123 e. The zero-order valence-electron chi connectivity index (χ0n) is 11.8. The molecule has 0 amide bonds. The van der Waals surface area contributed by atoms with Gasteiger partial charge in [0.15, 0.2) is 0 Å². The second kappa shape index (κ2) is 6.80. The zero-order valence-corrected chi connectivity index (χ0v) is 11.8. The average Bonchev–Trinajstić information content (AvgIpc) is 2.82. The fourth-order valence-corrected chi connectivity index (χ4v) is 2.19. The highest BCUT2D eigenvalue weighted by molar-refractivity contribution is 5.36. The maximum atomic E-state index is 9.19. The van der Waals surface area contributed by atoms with Gasteiger partial charge >= 0.3 is 0 Å². The number of aromatic hydroxyl groups is 1. The molecule has 0 radical (unpaired) electrons. The van der Waals surface area contributed by atoms with Gasteiger partial charge in [-0.25, -0.2) is 0 Å². The number of rotatable bonds is 2. The molecular weight excluding hydrogens is 248 g/mol. The van der Waals surface area contributed by atoms with Crippen LogP contribution in [-0.4, -0.2) is 11.2 Å². The predicted molar refractivity (Wildman–Crippen MR) is 82.2 cm³/mol. The molecule has 20 heavy (non-hydrogen) atoms. The first kappa shape index (κ1) is 14.2. The normalized spacial score (nSPS) is 15.6. The molecule has 1 N–H and O–H groups in total. The molecule has 2 aromatic carbocycles. The third-order valence-corrected chi connectivity index (χ3v) is 3.16. The van der Waals surface area contributed by atoms with Gasteiger partial charge in [0.25, 0.3) is 0 Å². The largest absolute Gasteiger partial charge is 0.508 e. The van der Waals surface area contributed by atoms with Gasteiger partial charge in [0.1, 0.15) is 17.6 Å². The first-order chi connectivity index (χ1) is 9.70. The van der Waals surface area contributed by atoms with Crippen LogP contribution in [0.5, 0.6) is 11.5 Å². The summed E-state index contributed by atoms with van der Waals surface area (Å²) in [7, 11) is 0. The lowest BCUT2D eigenvalue weighted by molar-refractivity contribution is 0.254. The quantitative estimate of drug-likeness (QED) is 0.830. The average molecular weight is 268 g/mol. The SMILES string of the molecule is C=CCc1ccccc1O.CC1Cc2ccccc2O1. The van der Waals surface area contributed by atoms with E-state index in [2.05, 4.69) is 25.6 Å². The zero-order chi connectivity index (χ0) is 14.4. The molecule has 2 heteroatoms. The summed E-state index contributed by atoms with van der Waals surface area (Å²) in [5.41, 5.74) is 2.27. The number of benzene rings is 2. The Morgan fingerprint density at radius 2 is 1.90 bits per heavy atom. The van der Waals surface area contributed by atoms with E-state index >= 15 is 0 Å². The number of fused-ring (bicyclic) bond motifs is 1. The third-order valence-electron chi connectivity index (χ3n) is 3.16. The van der Waals surface area contributed by atoms with Crippen LogP contribution in [0.1, 0.15) is 18.1 Å². The fraction of sp³-hybridized carbons (Fsp3) is 0.222. The summed E-state index contributed by atoms with van der Waals surface area (Å²) in [6.45, 7) is 5.68. The number of allylic oxidation sites excluding steroid dienone is 1. The fourth-order valence-electron chi connectivity index (χ4n) is 2.19. The van der Waals surface area contributed by atoms with E-state index in [0.717, 1.165) is 24.2 Å². The molecule has 104 valence electrons. The lowest BCUT2D eigenvalue weighted by atomic mass is 10.1. The minimum Gasteiger partial charge on any atom is -0.508 e. The van der Waals surface area contributed by atoms with E-state index < -0.39 is 0 Å². The summed E-state index contributed by atoms with van der Waals surface area (Å²) >= 11 is 0. The van der Waals surface area contributed by atoms with E-state index in [0.29, 0.717) is 11.9 Å². The van der Waals surface area contributed by atoms with Crippen molar-refractivity contribution < 1.29 is 9.84 Å². The van der Waals surface area contributed by atoms with Crippen LogP contribution in [0.25, 0.3) is 0 Å². The lowest BCUT2D eigenvalue weighted by Gasteiger charge is -2.00. The molecule has 0 aliphatic carbocycles. The summed E-state index contributed by atoms with van der Waals surface area (Å²) in [5.74, 6) is 1.41. The highest BCUT2D eigenvalue weighted by Gasteiger charge is 2.16. The summed E-state index contributed by atoms with van der Waals surface area (Å²) in [4.78, 5) is 0. The number of phenols is 1. The Kier molecular flexibility index (Phi) is 4.83. The Bertz CT molecular complexity index is 550. The van der Waals surface area contributed by atoms with Gasteiger partial charge in [-0.05, 0) is 36.6 Å². The first-order valence-corrected chi connectivity index (χ1v) is 6.83. The van der Waals surface area contributed by atoms with Gasteiger partial charge in [0.2, 0.25) is 0 Å². The number of hydrogen-bond donors (Lipinski definition) is 1. The molecule has 0 spiro atoms. The highest BCUT2D eigenvalue weighted by Crippen LogP contribution is 2.27. The summed E-state index contributed by atoms with van der Waals surface area (Å²) in [5, 5.41) is 9.19. The second-order valence-electron chi connectivity index (χ2n) is 4.86. The molecule has 0 aromatic heterocycles. The van der Waals surface area contributed by atoms with Crippen molar-refractivity contribution in [3.05, 3.63) is 72.3 Å². The topological polar surface area (TPSA) is 29.5 Å². The van der Waals surface area contributed by atoms with Gasteiger partial charge < -0.3 is 9.84 Å². The van der Waals surface area contributed by atoms with Crippen molar-refractivity contribution >= 4 is 0 Å². The van der Waals surface area contributed by atoms with Gasteiger partial charge in [0, 0.05) is 6.42 Å². The van der Waals surface area contributed by atoms with Crippen molar-refractivity contribution in [1.29, 1.82) is 0 Å². The Balaban J connectivity index is 0.000000147. The van der Waals surface area contributed by atoms with Crippen LogP contribution in [0.4, 0.5) is 0 Å². The molecule has 0 saturated carbocycles. The third kappa shape index (κ3) is 3.64. The van der Waals surface area contributed by atoms with Crippen LogP contribution in [0, 0.1) is 0 Å². The monoisotopic (exact) mass is 268 g/mol. The van der Waals surface area contributed by atoms with Crippen molar-refractivity contribution in [3.8, 4) is 11.5 Å². The minimum atomic E-state index is 0.349. The standard InChI is InChI=1S/2C9H10O/c1-7-6-8-4-2-3-5-9(8)10-7;1-2-5-8-6-3-4-7-9(8)10/h2-5,7H,6H2,1H3;2-4,6-7,10H,1,5H2. The molecule has 1 heterocycles. The molecule has 1 aliphatic rings. The van der Waals surface area contributed by atoms with Crippen LogP contribution in [0.2, 0.25) is 0 Å². The Morgan fingerprint density at radius 3 is 2.60 bits per heavy atom. The number of ether oxygens (including phenoxy) is 1. The smallest absolute Gasteiger partial charge is 0.123 e. The van der Waals surface area contributed by atoms with E-state index in [9.17, 15) is 5.11 Å². The summed E-state index contributed by atoms with van der Waals surface area (Å²) in [6.07, 6.45) is 3.94. The Labute approximate surface area is 120 Å². The molecule has 3 rings (SSSR count). The van der Waals surface area contributed by atoms with Gasteiger partial charge in [0.05, 0.1) is 0 Å². The lowest BCUT2D eigenvalue weighted by Crippen LogP contribution is -2.05. The first-order valence-electron chi connectivity index (χ1n) is 6.83. The molecule has 0 saturated heterocycles. The van der Waals surface area contributed by atoms with Crippen LogP contribution in [0.3, 0.4) is 0 Å². The van der Waals surface area contributed by atoms with Crippen molar-refractivity contribution in [2.24, 2.45) is 0 Å². The number of hydrogen-bond acceptors (Lipinski definition) is 2. The van der Waals surface area contributed by atoms with Crippen LogP contribution in [-0.2, 0) is 12.8 Å². The van der Waals surface area contributed by atoms with Crippen LogP contribution >= 0.6 is 0 Å². The van der Waals surface area contributed by atoms with E-state index in [4.69, 9.17) is 4.74 Å². The predicted octanol–water partition coefficient (Wildman–Crippen LogP) is 4.13. The van der Waals surface area contributed by atoms with Crippen molar-refractivity contribution in [1.82, 2.24) is 0 Å². The molecule has 1 unspecified atom stereocenters. The van der Waals surface area contributed by atoms with Gasteiger partial charge in [-0.2, -0.15) is 0 Å². The minimum absolute atomic E-state index is 0.349. The van der Waals surface area contributed by atoms with E-state index in [1.807, 2.05) is 30.3 Å². The molecule has 2 aromatic rings. The summed E-state index contributed by atoms with van der Waals surface area (Å²) < 4.78 is 5.51. The van der Waals surface area contributed by atoms with Crippen LogP contribution < -0.4 is 4.74 Å². The van der Waals surface area contributed by atoms with E-state index in [1.165, 1.54) is 5.56 Å². The molecule has 1 atom stereocenters. The van der Waals surface area contributed by atoms with Crippen molar-refractivity contribution in [2.45, 2.75) is 25.9 Å². The molecule has 0 bridgehead atoms. The van der Waals surface area contributed by atoms with Crippen molar-refractivity contribution in [3.63, 3.8) is 0 Å². The molecule has 2 nitrogen and oxygen atoms in total. The van der Waals surface area contributed by atoms with Gasteiger partial charge in [-0.15, -0.1) is 6.58 Å². The molecule has 0 fully saturated rings. The van der Waals surface area contributed by atoms with E-state index in [1.54, 1.807) is 12.1 Å². The van der Waals surface area contributed by atoms with Gasteiger partial charge in [-0.1, -0.05) is 42.5 Å². The van der Waals surface area contributed by atoms with Crippen LogP contribution in [0.15, 0.2) is 61.2 Å². The summed E-state index contributed by atoms with van der Waals surface area (Å²) in [6, 6.07) is 15.5. The molecular formula is C18H20O2. The van der Waals surface area contributed by atoms with Crippen molar-refractivity contribution in [2.75, 3.05) is 0 Å². The van der Waals surface area contributed by atoms with E-state index in [-0.39, 0.29) is 0 Å². The Hall–Kier alpha value is -2.22. The van der Waals surface area contributed by atoms with Gasteiger partial charge in [-0.3, -0.25) is 0 Å². The highest BCUT2D eigenvalue weighted by atomic mass is 16.5. The maximum absolute atomic E-state index is 9.19. The molecule has 1 aliphatic heterocycles. The number of para-hydroxylation sites is 2. The Morgan fingerprint density at radius 1 is 1.20 bits per heavy atom. The second-order valence-corrected chi connectivity index (χ2v) is 4.86. The number of phenolic OH excluding ortho intramolecular Hbond substituents is 1.